The van der Waals surface area contributed by atoms with Crippen molar-refractivity contribution in [2.75, 3.05) is 0 Å². The van der Waals surface area contributed by atoms with Gasteiger partial charge in [-0.2, -0.15) is 0 Å². The van der Waals surface area contributed by atoms with E-state index in [9.17, 15) is 0 Å². The Labute approximate surface area is 227 Å². The highest BCUT2D eigenvalue weighted by molar-refractivity contribution is 7.22. The number of hydrogen-bond acceptors (Lipinski definition) is 5. The van der Waals surface area contributed by atoms with Crippen LogP contribution < -0.4 is 0 Å². The first kappa shape index (κ1) is 22.0. The molecule has 0 atom stereocenters. The molecule has 0 aliphatic heterocycles. The van der Waals surface area contributed by atoms with Crippen molar-refractivity contribution in [3.63, 3.8) is 0 Å². The van der Waals surface area contributed by atoms with Gasteiger partial charge in [0.05, 0.1) is 0 Å². The molecule has 0 N–H and O–H groups in total. The molecule has 0 unspecified atom stereocenters. The van der Waals surface area contributed by atoms with Crippen molar-refractivity contribution in [3.8, 4) is 44.5 Å². The summed E-state index contributed by atoms with van der Waals surface area (Å²) in [4.78, 5) is 10.5. The number of fused-ring (bicyclic) bond motifs is 3. The predicted molar refractivity (Wildman–Crippen MR) is 159 cm³/mol. The molecule has 0 saturated carbocycles. The fraction of sp³-hybridized carbons (Fsp3) is 0. The van der Waals surface area contributed by atoms with Gasteiger partial charge in [0.1, 0.15) is 11.0 Å². The predicted octanol–water partition coefficient (Wildman–Crippen LogP) is 9.85. The first-order valence-electron chi connectivity index (χ1n) is 12.7. The summed E-state index contributed by atoms with van der Waals surface area (Å²) in [7, 11) is 0. The molecule has 0 spiro atoms. The Balaban J connectivity index is 1.11. The smallest absolute Gasteiger partial charge is 0.227 e. The largest absolute Gasteiger partial charge is 0.436 e. The van der Waals surface area contributed by atoms with Gasteiger partial charge in [0.2, 0.25) is 11.8 Å². The molecule has 0 radical (unpaired) electrons. The summed E-state index contributed by atoms with van der Waals surface area (Å²) >= 11 is 1.81. The van der Waals surface area contributed by atoms with Crippen LogP contribution in [0.25, 0.3) is 76.8 Å². The lowest BCUT2D eigenvalue weighted by Gasteiger charge is -2.04. The average Bonchev–Trinajstić information content (AvgIpc) is 3.73. The number of aromatic nitrogens is 2. The van der Waals surface area contributed by atoms with Gasteiger partial charge in [-0.25, -0.2) is 9.97 Å². The van der Waals surface area contributed by atoms with E-state index >= 15 is 0 Å². The molecule has 0 saturated heterocycles. The number of thiophene rings is 1. The second kappa shape index (κ2) is 8.79. The van der Waals surface area contributed by atoms with Crippen molar-refractivity contribution in [3.05, 3.63) is 121 Å². The Kier molecular flexibility index (Phi) is 4.96. The first-order valence-corrected chi connectivity index (χ1v) is 13.6. The summed E-state index contributed by atoms with van der Waals surface area (Å²) in [5.41, 5.74) is 8.84. The minimum atomic E-state index is 0.640. The van der Waals surface area contributed by atoms with Gasteiger partial charge >= 0.3 is 0 Å². The van der Waals surface area contributed by atoms with Crippen LogP contribution in [0.15, 0.2) is 130 Å². The average molecular weight is 521 g/mol. The second-order valence-electron chi connectivity index (χ2n) is 9.46. The summed E-state index contributed by atoms with van der Waals surface area (Å²) in [5.74, 6) is 1.28. The highest BCUT2D eigenvalue weighted by Crippen LogP contribution is 2.40. The molecule has 0 amide bonds. The fourth-order valence-corrected chi connectivity index (χ4v) is 6.19. The normalized spacial score (nSPS) is 11.6. The molecular weight excluding hydrogens is 500 g/mol. The van der Waals surface area contributed by atoms with Crippen LogP contribution in [0, 0.1) is 0 Å². The Hall–Kier alpha value is -5.00. The zero-order valence-electron chi connectivity index (χ0n) is 20.7. The number of rotatable bonds is 4. The lowest BCUT2D eigenvalue weighted by Crippen LogP contribution is -1.80. The van der Waals surface area contributed by atoms with Crippen molar-refractivity contribution < 1.29 is 8.83 Å². The molecule has 0 bridgehead atoms. The molecule has 39 heavy (non-hydrogen) atoms. The first-order chi connectivity index (χ1) is 19.3. The summed E-state index contributed by atoms with van der Waals surface area (Å²) in [5, 5.41) is 1.23. The quantitative estimate of drug-likeness (QED) is 0.232. The van der Waals surface area contributed by atoms with Gasteiger partial charge < -0.3 is 8.83 Å². The van der Waals surface area contributed by atoms with Crippen LogP contribution in [0.4, 0.5) is 0 Å². The van der Waals surface area contributed by atoms with Crippen LogP contribution in [0.3, 0.4) is 0 Å². The van der Waals surface area contributed by atoms with Gasteiger partial charge in [-0.1, -0.05) is 66.7 Å². The molecule has 8 aromatic rings. The van der Waals surface area contributed by atoms with Gasteiger partial charge in [0.15, 0.2) is 11.2 Å². The van der Waals surface area contributed by atoms with Crippen molar-refractivity contribution in [1.82, 2.24) is 9.97 Å². The highest BCUT2D eigenvalue weighted by atomic mass is 32.1. The highest BCUT2D eigenvalue weighted by Gasteiger charge is 2.13. The maximum Gasteiger partial charge on any atom is 0.227 e. The monoisotopic (exact) mass is 520 g/mol. The van der Waals surface area contributed by atoms with Crippen molar-refractivity contribution in [1.29, 1.82) is 0 Å². The maximum absolute atomic E-state index is 5.96. The molecule has 184 valence electrons. The van der Waals surface area contributed by atoms with Crippen LogP contribution in [0.1, 0.15) is 0 Å². The molecule has 4 nitrogen and oxygen atoms in total. The van der Waals surface area contributed by atoms with E-state index in [1.54, 1.807) is 0 Å². The van der Waals surface area contributed by atoms with Gasteiger partial charge in [-0.3, -0.25) is 0 Å². The molecule has 5 aromatic carbocycles. The topological polar surface area (TPSA) is 52.1 Å². The van der Waals surface area contributed by atoms with E-state index in [1.165, 1.54) is 31.7 Å². The van der Waals surface area contributed by atoms with Crippen LogP contribution in [-0.2, 0) is 0 Å². The van der Waals surface area contributed by atoms with E-state index in [2.05, 4.69) is 82.8 Å². The summed E-state index contributed by atoms with van der Waals surface area (Å²) < 4.78 is 13.2. The van der Waals surface area contributed by atoms with E-state index < -0.39 is 0 Å². The Morgan fingerprint density at radius 3 is 1.62 bits per heavy atom. The van der Waals surface area contributed by atoms with Crippen molar-refractivity contribution in [2.45, 2.75) is 0 Å². The Morgan fingerprint density at radius 2 is 1.03 bits per heavy atom. The molecule has 0 aliphatic carbocycles. The lowest BCUT2D eigenvalue weighted by molar-refractivity contribution is 0.619. The second-order valence-corrected chi connectivity index (χ2v) is 10.5. The Bertz CT molecular complexity index is 2050. The van der Waals surface area contributed by atoms with E-state index in [-0.39, 0.29) is 0 Å². The Morgan fingerprint density at radius 1 is 0.487 bits per heavy atom. The molecule has 8 rings (SSSR count). The third-order valence-corrected chi connectivity index (χ3v) is 8.22. The zero-order valence-corrected chi connectivity index (χ0v) is 21.5. The van der Waals surface area contributed by atoms with Crippen molar-refractivity contribution >= 4 is 43.6 Å². The van der Waals surface area contributed by atoms with E-state index in [0.29, 0.717) is 11.8 Å². The number of benzene rings is 5. The van der Waals surface area contributed by atoms with Crippen LogP contribution >= 0.6 is 11.3 Å². The van der Waals surface area contributed by atoms with Gasteiger partial charge in [0, 0.05) is 20.7 Å². The van der Waals surface area contributed by atoms with Gasteiger partial charge in [-0.05, 0) is 76.7 Å². The maximum atomic E-state index is 5.96. The minimum absolute atomic E-state index is 0.640. The van der Waals surface area contributed by atoms with E-state index in [0.717, 1.165) is 33.3 Å². The third kappa shape index (κ3) is 3.83. The summed E-state index contributed by atoms with van der Waals surface area (Å²) in [6.45, 7) is 0. The molecule has 5 heteroatoms. The third-order valence-electron chi connectivity index (χ3n) is 6.99. The van der Waals surface area contributed by atoms with Crippen LogP contribution in [0.2, 0.25) is 0 Å². The minimum Gasteiger partial charge on any atom is -0.436 e. The van der Waals surface area contributed by atoms with Gasteiger partial charge in [-0.15, -0.1) is 11.3 Å². The van der Waals surface area contributed by atoms with Crippen LogP contribution in [0.5, 0.6) is 0 Å². The molecule has 0 aliphatic rings. The fourth-order valence-electron chi connectivity index (χ4n) is 4.99. The number of para-hydroxylation sites is 4. The lowest BCUT2D eigenvalue weighted by atomic mass is 10.0. The molecule has 3 aromatic heterocycles. The van der Waals surface area contributed by atoms with E-state index in [4.69, 9.17) is 8.83 Å². The summed E-state index contributed by atoms with van der Waals surface area (Å²) in [6.07, 6.45) is 0. The molecule has 3 heterocycles. The molecular formula is C34H20N2O2S. The van der Waals surface area contributed by atoms with E-state index in [1.807, 2.05) is 59.9 Å². The van der Waals surface area contributed by atoms with Crippen LogP contribution in [-0.4, -0.2) is 9.97 Å². The van der Waals surface area contributed by atoms with Crippen molar-refractivity contribution in [2.24, 2.45) is 0 Å². The number of nitrogens with zero attached hydrogens (tertiary/aromatic N) is 2. The van der Waals surface area contributed by atoms with Gasteiger partial charge in [0.25, 0.3) is 0 Å². The molecule has 0 fully saturated rings. The standard InChI is InChI=1S/C34H20N2O2S/c1-3-10-29-27(8-1)35-33(37-29)23-16-12-21(13-17-23)26-7-5-6-25-20-31(39-32(25)26)22-14-18-24(19-15-22)34-36-28-9-2-4-11-30(28)38-34/h1-20H. The number of oxazole rings is 2. The summed E-state index contributed by atoms with van der Waals surface area (Å²) in [6, 6.07) is 41.3. The SMILES string of the molecule is c1cc(-c2ccc(-c3nc4ccccc4o3)cc2)c2sc(-c3ccc(-c4nc5ccccc5o4)cc3)cc2c1. The zero-order chi connectivity index (χ0) is 25.8. The number of hydrogen-bond donors (Lipinski definition) is 0.